The van der Waals surface area contributed by atoms with E-state index in [9.17, 15) is 4.79 Å². The molecular formula is C15H17NO. The largest absolute Gasteiger partial charge is 0.378 e. The van der Waals surface area contributed by atoms with Crippen LogP contribution in [0.3, 0.4) is 0 Å². The van der Waals surface area contributed by atoms with E-state index in [1.54, 1.807) is 6.20 Å². The number of nitrogens with one attached hydrogen (secondary N) is 1. The molecule has 17 heavy (non-hydrogen) atoms. The minimum Gasteiger partial charge on any atom is -0.378 e. The van der Waals surface area contributed by atoms with Gasteiger partial charge in [-0.05, 0) is 23.8 Å². The second-order valence-corrected chi connectivity index (χ2v) is 4.49. The van der Waals surface area contributed by atoms with Gasteiger partial charge in [0.25, 0.3) is 0 Å². The maximum Gasteiger partial charge on any atom is 0.189 e. The van der Waals surface area contributed by atoms with Crippen LogP contribution in [0.5, 0.6) is 0 Å². The van der Waals surface area contributed by atoms with Crippen molar-refractivity contribution in [3.05, 3.63) is 59.8 Å². The average Bonchev–Trinajstić information content (AvgIpc) is 2.39. The Morgan fingerprint density at radius 3 is 2.65 bits per heavy atom. The Balaban J connectivity index is 2.30. The first kappa shape index (κ1) is 11.6. The fourth-order valence-electron chi connectivity index (χ4n) is 2.00. The molecule has 0 aromatic heterocycles. The summed E-state index contributed by atoms with van der Waals surface area (Å²) in [5.74, 6) is 0.494. The van der Waals surface area contributed by atoms with E-state index < -0.39 is 0 Å². The van der Waals surface area contributed by atoms with Crippen LogP contribution >= 0.6 is 0 Å². The lowest BCUT2D eigenvalue weighted by Gasteiger charge is -2.18. The van der Waals surface area contributed by atoms with Crippen molar-refractivity contribution in [2.45, 2.75) is 25.8 Å². The van der Waals surface area contributed by atoms with Gasteiger partial charge in [-0.3, -0.25) is 4.79 Å². The lowest BCUT2D eigenvalue weighted by Crippen LogP contribution is -2.33. The highest BCUT2D eigenvalue weighted by atomic mass is 16.1. The van der Waals surface area contributed by atoms with Crippen molar-refractivity contribution in [3.8, 4) is 0 Å². The standard InChI is InChI=1S/C15H17NO/c1-11(2)12-7-3-4-8-13(12)15(17)14-9-5-6-10-16-14/h3-11,14,16H,1-2H3. The molecule has 88 valence electrons. The molecular weight excluding hydrogens is 210 g/mol. The Labute approximate surface area is 102 Å². The molecule has 2 rings (SSSR count). The number of carbonyl (C=O) groups excluding carboxylic acids is 1. The van der Waals surface area contributed by atoms with E-state index in [-0.39, 0.29) is 11.8 Å². The molecule has 0 spiro atoms. The quantitative estimate of drug-likeness (QED) is 0.804. The molecule has 1 aliphatic heterocycles. The Kier molecular flexibility index (Phi) is 3.43. The number of dihydropyridines is 1. The minimum absolute atomic E-state index is 0.134. The molecule has 1 atom stereocenters. The summed E-state index contributed by atoms with van der Waals surface area (Å²) in [7, 11) is 0. The molecule has 0 bridgehead atoms. The fraction of sp³-hybridized carbons (Fsp3) is 0.267. The maximum atomic E-state index is 12.4. The summed E-state index contributed by atoms with van der Waals surface area (Å²) in [6.45, 7) is 4.21. The van der Waals surface area contributed by atoms with Gasteiger partial charge in [0.15, 0.2) is 5.78 Å². The van der Waals surface area contributed by atoms with Gasteiger partial charge in [0, 0.05) is 5.56 Å². The minimum atomic E-state index is -0.236. The second-order valence-electron chi connectivity index (χ2n) is 4.49. The van der Waals surface area contributed by atoms with Crippen LogP contribution in [0.25, 0.3) is 0 Å². The van der Waals surface area contributed by atoms with E-state index in [0.717, 1.165) is 11.1 Å². The summed E-state index contributed by atoms with van der Waals surface area (Å²) in [6.07, 6.45) is 7.48. The maximum absolute atomic E-state index is 12.4. The van der Waals surface area contributed by atoms with E-state index in [1.165, 1.54) is 0 Å². The summed E-state index contributed by atoms with van der Waals surface area (Å²) >= 11 is 0. The number of ketones is 1. The van der Waals surface area contributed by atoms with Gasteiger partial charge in [-0.25, -0.2) is 0 Å². The summed E-state index contributed by atoms with van der Waals surface area (Å²) in [4.78, 5) is 12.4. The summed E-state index contributed by atoms with van der Waals surface area (Å²) in [6, 6.07) is 7.60. The first-order valence-electron chi connectivity index (χ1n) is 5.92. The number of carbonyl (C=O) groups is 1. The van der Waals surface area contributed by atoms with Crippen LogP contribution in [0.1, 0.15) is 35.7 Å². The molecule has 1 aromatic rings. The van der Waals surface area contributed by atoms with E-state index in [4.69, 9.17) is 0 Å². The molecule has 0 aliphatic carbocycles. The van der Waals surface area contributed by atoms with Crippen molar-refractivity contribution in [1.29, 1.82) is 0 Å². The molecule has 2 nitrogen and oxygen atoms in total. The Hall–Kier alpha value is -1.83. The summed E-state index contributed by atoms with van der Waals surface area (Å²) in [5, 5.41) is 3.07. The third-order valence-electron chi connectivity index (χ3n) is 2.92. The van der Waals surface area contributed by atoms with Gasteiger partial charge >= 0.3 is 0 Å². The number of allylic oxidation sites excluding steroid dienone is 2. The average molecular weight is 227 g/mol. The second kappa shape index (κ2) is 5.00. The van der Waals surface area contributed by atoms with Crippen molar-refractivity contribution >= 4 is 5.78 Å². The van der Waals surface area contributed by atoms with Gasteiger partial charge < -0.3 is 5.32 Å². The van der Waals surface area contributed by atoms with Crippen LogP contribution in [0.4, 0.5) is 0 Å². The molecule has 2 heteroatoms. The first-order valence-corrected chi connectivity index (χ1v) is 5.92. The topological polar surface area (TPSA) is 29.1 Å². The van der Waals surface area contributed by atoms with Crippen molar-refractivity contribution in [3.63, 3.8) is 0 Å². The van der Waals surface area contributed by atoms with Crippen LogP contribution in [0.2, 0.25) is 0 Å². The molecule has 0 amide bonds. The highest BCUT2D eigenvalue weighted by molar-refractivity contribution is 6.02. The number of hydrogen-bond donors (Lipinski definition) is 1. The number of benzene rings is 1. The highest BCUT2D eigenvalue weighted by Gasteiger charge is 2.20. The fourth-order valence-corrected chi connectivity index (χ4v) is 2.00. The molecule has 0 saturated heterocycles. The predicted octanol–water partition coefficient (Wildman–Crippen LogP) is 3.03. The van der Waals surface area contributed by atoms with Gasteiger partial charge in [-0.1, -0.05) is 50.3 Å². The zero-order chi connectivity index (χ0) is 12.3. The van der Waals surface area contributed by atoms with Crippen molar-refractivity contribution in [2.75, 3.05) is 0 Å². The summed E-state index contributed by atoms with van der Waals surface area (Å²) < 4.78 is 0. The Morgan fingerprint density at radius 2 is 2.00 bits per heavy atom. The van der Waals surface area contributed by atoms with Crippen molar-refractivity contribution in [1.82, 2.24) is 5.32 Å². The predicted molar refractivity (Wildman–Crippen MR) is 70.1 cm³/mol. The smallest absolute Gasteiger partial charge is 0.189 e. The monoisotopic (exact) mass is 227 g/mol. The van der Waals surface area contributed by atoms with Crippen LogP contribution in [0.15, 0.2) is 48.7 Å². The molecule has 1 heterocycles. The van der Waals surface area contributed by atoms with Crippen LogP contribution in [0, 0.1) is 0 Å². The third kappa shape index (κ3) is 2.47. The van der Waals surface area contributed by atoms with Gasteiger partial charge in [0.2, 0.25) is 0 Å². The van der Waals surface area contributed by atoms with Gasteiger partial charge in [-0.2, -0.15) is 0 Å². The van der Waals surface area contributed by atoms with Crippen LogP contribution in [-0.2, 0) is 0 Å². The molecule has 1 aliphatic rings. The molecule has 0 fully saturated rings. The lowest BCUT2D eigenvalue weighted by atomic mass is 9.92. The number of rotatable bonds is 3. The third-order valence-corrected chi connectivity index (χ3v) is 2.92. The van der Waals surface area contributed by atoms with E-state index in [1.807, 2.05) is 42.5 Å². The van der Waals surface area contributed by atoms with Crippen LogP contribution < -0.4 is 5.32 Å². The zero-order valence-electron chi connectivity index (χ0n) is 10.2. The molecule has 1 N–H and O–H groups in total. The van der Waals surface area contributed by atoms with Gasteiger partial charge in [0.05, 0.1) is 0 Å². The lowest BCUT2D eigenvalue weighted by molar-refractivity contribution is 0.0967. The first-order chi connectivity index (χ1) is 8.20. The zero-order valence-corrected chi connectivity index (χ0v) is 10.2. The van der Waals surface area contributed by atoms with Gasteiger partial charge in [-0.15, -0.1) is 0 Å². The summed E-state index contributed by atoms with van der Waals surface area (Å²) in [5.41, 5.74) is 1.93. The van der Waals surface area contributed by atoms with E-state index in [0.29, 0.717) is 5.92 Å². The number of Topliss-reactive ketones (excluding diaryl/α,β-unsaturated/α-hetero) is 1. The SMILES string of the molecule is CC(C)c1ccccc1C(=O)C1C=CC=CN1. The number of hydrogen-bond acceptors (Lipinski definition) is 2. The van der Waals surface area contributed by atoms with Crippen molar-refractivity contribution < 1.29 is 4.79 Å². The normalized spacial score (nSPS) is 18.2. The van der Waals surface area contributed by atoms with E-state index >= 15 is 0 Å². The van der Waals surface area contributed by atoms with Gasteiger partial charge in [0.1, 0.15) is 6.04 Å². The van der Waals surface area contributed by atoms with E-state index in [2.05, 4.69) is 19.2 Å². The molecule has 1 unspecified atom stereocenters. The highest BCUT2D eigenvalue weighted by Crippen LogP contribution is 2.21. The van der Waals surface area contributed by atoms with Crippen LogP contribution in [-0.4, -0.2) is 11.8 Å². The molecule has 1 aromatic carbocycles. The Morgan fingerprint density at radius 1 is 1.24 bits per heavy atom. The van der Waals surface area contributed by atoms with Crippen molar-refractivity contribution in [2.24, 2.45) is 0 Å². The molecule has 0 saturated carbocycles. The molecule has 0 radical (unpaired) electrons. The Bertz CT molecular complexity index is 472.